The van der Waals surface area contributed by atoms with E-state index in [0.717, 1.165) is 29.9 Å². The topological polar surface area (TPSA) is 71.1 Å². The van der Waals surface area contributed by atoms with Crippen LogP contribution in [0.15, 0.2) is 6.07 Å². The number of aryl methyl sites for hydroxylation is 1. The van der Waals surface area contributed by atoms with Crippen LogP contribution in [0.4, 0.5) is 4.79 Å². The molecular weight excluding hydrogens is 316 g/mol. The lowest BCUT2D eigenvalue weighted by atomic mass is 10.2. The van der Waals surface area contributed by atoms with Crippen molar-refractivity contribution in [2.45, 2.75) is 52.2 Å². The fourth-order valence-corrected chi connectivity index (χ4v) is 2.92. The van der Waals surface area contributed by atoms with Gasteiger partial charge in [-0.1, -0.05) is 11.6 Å². The van der Waals surface area contributed by atoms with E-state index in [1.54, 1.807) is 4.90 Å². The largest absolute Gasteiger partial charge is 0.444 e. The number of carbonyl (C=O) groups excluding carboxylic acids is 1. The molecule has 1 aliphatic rings. The highest BCUT2D eigenvalue weighted by Crippen LogP contribution is 2.33. The van der Waals surface area contributed by atoms with Crippen LogP contribution in [0.3, 0.4) is 0 Å². The fourth-order valence-electron chi connectivity index (χ4n) is 2.77. The molecule has 0 saturated carbocycles. The molecule has 0 aromatic carbocycles. The highest BCUT2D eigenvalue weighted by molar-refractivity contribution is 6.31. The van der Waals surface area contributed by atoms with Crippen LogP contribution in [0.25, 0.3) is 11.2 Å². The summed E-state index contributed by atoms with van der Waals surface area (Å²) in [6.45, 7) is 8.12. The molecule has 1 saturated heterocycles. The van der Waals surface area contributed by atoms with Crippen LogP contribution in [-0.2, 0) is 4.74 Å². The van der Waals surface area contributed by atoms with E-state index < -0.39 is 5.60 Å². The van der Waals surface area contributed by atoms with Crippen molar-refractivity contribution < 1.29 is 9.53 Å². The van der Waals surface area contributed by atoms with Gasteiger partial charge in [-0.25, -0.2) is 14.8 Å². The number of aromatic nitrogens is 3. The van der Waals surface area contributed by atoms with Crippen molar-refractivity contribution in [3.63, 3.8) is 0 Å². The molecule has 23 heavy (non-hydrogen) atoms. The Kier molecular flexibility index (Phi) is 3.96. The molecule has 1 fully saturated rings. The van der Waals surface area contributed by atoms with E-state index >= 15 is 0 Å². The van der Waals surface area contributed by atoms with Crippen molar-refractivity contribution in [2.24, 2.45) is 0 Å². The molecule has 2 aromatic heterocycles. The number of rotatable bonds is 1. The zero-order valence-electron chi connectivity index (χ0n) is 13.8. The number of fused-ring (bicyclic) bond motifs is 1. The lowest BCUT2D eigenvalue weighted by Gasteiger charge is -2.27. The normalized spacial score (nSPS) is 18.7. The van der Waals surface area contributed by atoms with E-state index in [1.807, 2.05) is 33.8 Å². The number of hydrogen-bond donors (Lipinski definition) is 1. The summed E-state index contributed by atoms with van der Waals surface area (Å²) in [5.41, 5.74) is 1.64. The number of nitrogens with one attached hydrogen (secondary N) is 1. The highest BCUT2D eigenvalue weighted by Gasteiger charge is 2.35. The van der Waals surface area contributed by atoms with Crippen LogP contribution in [0.2, 0.25) is 5.02 Å². The first-order chi connectivity index (χ1) is 10.7. The molecule has 0 radical (unpaired) electrons. The number of nitrogens with zero attached hydrogens (tertiary/aromatic N) is 3. The van der Waals surface area contributed by atoms with Gasteiger partial charge in [-0.15, -0.1) is 0 Å². The predicted octanol–water partition coefficient (Wildman–Crippen LogP) is 3.99. The first-order valence-electron chi connectivity index (χ1n) is 7.77. The van der Waals surface area contributed by atoms with E-state index in [9.17, 15) is 4.79 Å². The van der Waals surface area contributed by atoms with Gasteiger partial charge in [0.15, 0.2) is 5.65 Å². The Hall–Kier alpha value is -1.82. The highest BCUT2D eigenvalue weighted by atomic mass is 35.5. The SMILES string of the molecule is Cc1nc2nc([C@H]3CCCN3C(=O)OC(C)(C)C)[nH]c2cc1Cl. The molecule has 3 heterocycles. The molecule has 0 bridgehead atoms. The Morgan fingerprint density at radius 2 is 2.17 bits per heavy atom. The lowest BCUT2D eigenvalue weighted by molar-refractivity contribution is 0.0219. The number of imidazole rings is 1. The summed E-state index contributed by atoms with van der Waals surface area (Å²) in [4.78, 5) is 26.3. The summed E-state index contributed by atoms with van der Waals surface area (Å²) >= 11 is 6.11. The number of H-pyrrole nitrogens is 1. The number of carbonyl (C=O) groups is 1. The van der Waals surface area contributed by atoms with Gasteiger partial charge in [0.25, 0.3) is 0 Å². The van der Waals surface area contributed by atoms with Crippen LogP contribution >= 0.6 is 11.6 Å². The first-order valence-corrected chi connectivity index (χ1v) is 8.15. The van der Waals surface area contributed by atoms with Crippen LogP contribution < -0.4 is 0 Å². The minimum atomic E-state index is -0.510. The average Bonchev–Trinajstić information content (AvgIpc) is 3.03. The zero-order chi connectivity index (χ0) is 16.8. The summed E-state index contributed by atoms with van der Waals surface area (Å²) in [5.74, 6) is 0.734. The molecule has 124 valence electrons. The molecule has 0 unspecified atom stereocenters. The number of aromatic amines is 1. The molecule has 1 aliphatic heterocycles. The minimum Gasteiger partial charge on any atom is -0.444 e. The molecule has 0 spiro atoms. The smallest absolute Gasteiger partial charge is 0.410 e. The van der Waals surface area contributed by atoms with Gasteiger partial charge in [-0.2, -0.15) is 0 Å². The molecule has 1 N–H and O–H groups in total. The number of pyridine rings is 1. The van der Waals surface area contributed by atoms with Crippen LogP contribution in [0.5, 0.6) is 0 Å². The monoisotopic (exact) mass is 336 g/mol. The number of amides is 1. The Morgan fingerprint density at radius 1 is 1.43 bits per heavy atom. The van der Waals surface area contributed by atoms with Crippen molar-refractivity contribution >= 4 is 28.9 Å². The third-order valence-electron chi connectivity index (χ3n) is 3.82. The van der Waals surface area contributed by atoms with Gasteiger partial charge in [0.2, 0.25) is 0 Å². The van der Waals surface area contributed by atoms with Crippen molar-refractivity contribution in [1.82, 2.24) is 19.9 Å². The number of ether oxygens (including phenoxy) is 1. The third-order valence-corrected chi connectivity index (χ3v) is 4.20. The fraction of sp³-hybridized carbons (Fsp3) is 0.562. The summed E-state index contributed by atoms with van der Waals surface area (Å²) in [6.07, 6.45) is 1.47. The predicted molar refractivity (Wildman–Crippen MR) is 88.6 cm³/mol. The molecular formula is C16H21ClN4O2. The van der Waals surface area contributed by atoms with Crippen molar-refractivity contribution in [3.8, 4) is 0 Å². The molecule has 3 rings (SSSR count). The lowest BCUT2D eigenvalue weighted by Crippen LogP contribution is -2.36. The molecule has 2 aromatic rings. The second-order valence-electron chi connectivity index (χ2n) is 6.88. The van der Waals surface area contributed by atoms with Gasteiger partial charge in [0, 0.05) is 6.54 Å². The average molecular weight is 337 g/mol. The van der Waals surface area contributed by atoms with Gasteiger partial charge < -0.3 is 9.72 Å². The summed E-state index contributed by atoms with van der Waals surface area (Å²) < 4.78 is 5.49. The summed E-state index contributed by atoms with van der Waals surface area (Å²) in [5, 5.41) is 0.600. The minimum absolute atomic E-state index is 0.113. The quantitative estimate of drug-likeness (QED) is 0.854. The van der Waals surface area contributed by atoms with E-state index in [2.05, 4.69) is 15.0 Å². The maximum Gasteiger partial charge on any atom is 0.410 e. The summed E-state index contributed by atoms with van der Waals surface area (Å²) in [7, 11) is 0. The van der Waals surface area contributed by atoms with Gasteiger partial charge in [-0.05, 0) is 46.6 Å². The third kappa shape index (κ3) is 3.27. The Morgan fingerprint density at radius 3 is 2.87 bits per heavy atom. The molecule has 6 nitrogen and oxygen atoms in total. The molecule has 7 heteroatoms. The Bertz CT molecular complexity index is 711. The van der Waals surface area contributed by atoms with Crippen molar-refractivity contribution in [3.05, 3.63) is 22.6 Å². The number of halogens is 1. The maximum atomic E-state index is 12.4. The Labute approximate surface area is 140 Å². The van der Waals surface area contributed by atoms with Crippen molar-refractivity contribution in [2.75, 3.05) is 6.54 Å². The van der Waals surface area contributed by atoms with Crippen LogP contribution in [-0.4, -0.2) is 38.1 Å². The van der Waals surface area contributed by atoms with Gasteiger partial charge in [0.1, 0.15) is 11.4 Å². The maximum absolute atomic E-state index is 12.4. The Balaban J connectivity index is 1.89. The van der Waals surface area contributed by atoms with E-state index in [4.69, 9.17) is 16.3 Å². The van der Waals surface area contributed by atoms with Crippen LogP contribution in [0.1, 0.15) is 51.2 Å². The molecule has 1 amide bonds. The van der Waals surface area contributed by atoms with E-state index in [0.29, 0.717) is 17.2 Å². The van der Waals surface area contributed by atoms with Gasteiger partial charge in [0.05, 0.1) is 22.3 Å². The standard InChI is InChI=1S/C16H21ClN4O2/c1-9-10(17)8-11-13(18-9)20-14(19-11)12-6-5-7-21(12)15(22)23-16(2,3)4/h8,12H,5-7H2,1-4H3,(H,18,19,20)/t12-/m1/s1. The van der Waals surface area contributed by atoms with Crippen LogP contribution in [0, 0.1) is 6.92 Å². The number of likely N-dealkylation sites (tertiary alicyclic amines) is 1. The number of hydrogen-bond acceptors (Lipinski definition) is 4. The van der Waals surface area contributed by atoms with Gasteiger partial charge >= 0.3 is 6.09 Å². The zero-order valence-corrected chi connectivity index (χ0v) is 14.6. The first kappa shape index (κ1) is 16.1. The van der Waals surface area contributed by atoms with Gasteiger partial charge in [-0.3, -0.25) is 4.90 Å². The summed E-state index contributed by atoms with van der Waals surface area (Å²) in [6, 6.07) is 1.71. The van der Waals surface area contributed by atoms with E-state index in [-0.39, 0.29) is 12.1 Å². The van der Waals surface area contributed by atoms with E-state index in [1.165, 1.54) is 0 Å². The second-order valence-corrected chi connectivity index (χ2v) is 7.29. The molecule has 0 aliphatic carbocycles. The van der Waals surface area contributed by atoms with Crippen molar-refractivity contribution in [1.29, 1.82) is 0 Å². The molecule has 1 atom stereocenters. The second kappa shape index (κ2) is 5.67.